The molecule has 3 aromatic rings. The highest BCUT2D eigenvalue weighted by Crippen LogP contribution is 2.43. The second-order valence-corrected chi connectivity index (χ2v) is 6.93. The van der Waals surface area contributed by atoms with E-state index in [0.29, 0.717) is 12.1 Å². The van der Waals surface area contributed by atoms with Crippen LogP contribution in [0.3, 0.4) is 0 Å². The molecule has 2 aliphatic rings. The Hall–Kier alpha value is -2.33. The molecule has 0 unspecified atom stereocenters. The topological polar surface area (TPSA) is 41.9 Å². The van der Waals surface area contributed by atoms with Gasteiger partial charge in [0.25, 0.3) is 0 Å². The van der Waals surface area contributed by atoms with Crippen molar-refractivity contribution in [3.05, 3.63) is 65.4 Å². The molecule has 2 bridgehead atoms. The largest absolute Gasteiger partial charge is 0.289 e. The van der Waals surface area contributed by atoms with E-state index in [4.69, 9.17) is 4.98 Å². The van der Waals surface area contributed by atoms with Crippen LogP contribution in [0.1, 0.15) is 41.5 Å². The lowest BCUT2D eigenvalue weighted by Gasteiger charge is -2.35. The average molecular weight is 316 g/mol. The first-order valence-corrected chi connectivity index (χ1v) is 8.70. The second-order valence-electron chi connectivity index (χ2n) is 6.93. The molecule has 4 nitrogen and oxygen atoms in total. The maximum atomic E-state index is 4.70. The summed E-state index contributed by atoms with van der Waals surface area (Å²) < 4.78 is 0. The van der Waals surface area contributed by atoms with Gasteiger partial charge < -0.3 is 0 Å². The number of nitrogens with zero attached hydrogens (tertiary/aromatic N) is 4. The number of aromatic nitrogens is 3. The van der Waals surface area contributed by atoms with E-state index in [1.54, 1.807) is 0 Å². The Morgan fingerprint density at radius 2 is 2.04 bits per heavy atom. The Morgan fingerprint density at radius 1 is 1.12 bits per heavy atom. The Morgan fingerprint density at radius 3 is 3.00 bits per heavy atom. The van der Waals surface area contributed by atoms with Crippen molar-refractivity contribution < 1.29 is 0 Å². The van der Waals surface area contributed by atoms with Gasteiger partial charge in [0.15, 0.2) is 0 Å². The molecule has 2 aliphatic heterocycles. The molecular weight excluding hydrogens is 296 g/mol. The zero-order valence-electron chi connectivity index (χ0n) is 13.8. The highest BCUT2D eigenvalue weighted by Gasteiger charge is 2.40. The van der Waals surface area contributed by atoms with Crippen molar-refractivity contribution in [2.45, 2.75) is 44.8 Å². The molecule has 5 rings (SSSR count). The summed E-state index contributed by atoms with van der Waals surface area (Å²) in [5.74, 6) is 0.890. The molecule has 2 aromatic heterocycles. The summed E-state index contributed by atoms with van der Waals surface area (Å²) in [5, 5.41) is 1.27. The Kier molecular flexibility index (Phi) is 3.13. The molecule has 1 fully saturated rings. The third-order valence-corrected chi connectivity index (χ3v) is 5.54. The van der Waals surface area contributed by atoms with Gasteiger partial charge in [-0.2, -0.15) is 0 Å². The number of fused-ring (bicyclic) bond motifs is 5. The van der Waals surface area contributed by atoms with E-state index in [1.165, 1.54) is 35.0 Å². The number of para-hydroxylation sites is 1. The first kappa shape index (κ1) is 14.1. The molecule has 1 saturated heterocycles. The summed E-state index contributed by atoms with van der Waals surface area (Å²) in [7, 11) is 0. The minimum absolute atomic E-state index is 0.464. The van der Waals surface area contributed by atoms with Gasteiger partial charge in [0.2, 0.25) is 0 Å². The van der Waals surface area contributed by atoms with Gasteiger partial charge in [-0.25, -0.2) is 9.97 Å². The maximum Gasteiger partial charge on any atom is 0.125 e. The Balaban J connectivity index is 1.53. The standard InChI is InChI=1S/C20H20N4/c1-13-22-11-17-19(23-13)10-15-6-7-20(17)24(15)12-14-8-9-21-18-5-3-2-4-16(14)18/h2-5,8-9,11,15,20H,6-7,10,12H2,1H3/t15-,20+/m0/s1. The van der Waals surface area contributed by atoms with Gasteiger partial charge in [-0.1, -0.05) is 18.2 Å². The van der Waals surface area contributed by atoms with E-state index < -0.39 is 0 Å². The number of hydrogen-bond acceptors (Lipinski definition) is 4. The third kappa shape index (κ3) is 2.13. The summed E-state index contributed by atoms with van der Waals surface area (Å²) >= 11 is 0. The van der Waals surface area contributed by atoms with Crippen LogP contribution >= 0.6 is 0 Å². The van der Waals surface area contributed by atoms with E-state index in [2.05, 4.69) is 51.4 Å². The van der Waals surface area contributed by atoms with Crippen LogP contribution in [0.15, 0.2) is 42.7 Å². The highest BCUT2D eigenvalue weighted by atomic mass is 15.2. The van der Waals surface area contributed by atoms with Crippen molar-refractivity contribution in [2.24, 2.45) is 0 Å². The van der Waals surface area contributed by atoms with Crippen molar-refractivity contribution in [2.75, 3.05) is 0 Å². The zero-order chi connectivity index (χ0) is 16.1. The minimum Gasteiger partial charge on any atom is -0.289 e. The summed E-state index contributed by atoms with van der Waals surface area (Å²) in [6.45, 7) is 2.96. The van der Waals surface area contributed by atoms with Gasteiger partial charge >= 0.3 is 0 Å². The molecule has 0 spiro atoms. The molecule has 4 heterocycles. The van der Waals surface area contributed by atoms with Crippen molar-refractivity contribution in [3.63, 3.8) is 0 Å². The van der Waals surface area contributed by atoms with Crippen molar-refractivity contribution in [3.8, 4) is 0 Å². The molecule has 0 radical (unpaired) electrons. The van der Waals surface area contributed by atoms with Crippen LogP contribution in [0.4, 0.5) is 0 Å². The van der Waals surface area contributed by atoms with Crippen molar-refractivity contribution in [1.29, 1.82) is 0 Å². The number of rotatable bonds is 2. The highest BCUT2D eigenvalue weighted by molar-refractivity contribution is 5.81. The average Bonchev–Trinajstić information content (AvgIpc) is 2.88. The minimum atomic E-state index is 0.464. The Labute approximate surface area is 141 Å². The van der Waals surface area contributed by atoms with Crippen LogP contribution in [0.5, 0.6) is 0 Å². The number of benzene rings is 1. The maximum absolute atomic E-state index is 4.70. The van der Waals surface area contributed by atoms with E-state index in [0.717, 1.165) is 24.3 Å². The SMILES string of the molecule is Cc1ncc2c(n1)C[C@@H]1CC[C@H]2N1Cc1ccnc2ccccc12. The van der Waals surface area contributed by atoms with Crippen LogP contribution in [0, 0.1) is 6.92 Å². The first-order chi connectivity index (χ1) is 11.8. The monoisotopic (exact) mass is 316 g/mol. The lowest BCUT2D eigenvalue weighted by Crippen LogP contribution is -2.37. The van der Waals surface area contributed by atoms with E-state index in [9.17, 15) is 0 Å². The predicted octanol–water partition coefficient (Wildman–Crippen LogP) is 3.60. The van der Waals surface area contributed by atoms with Gasteiger partial charge in [-0.15, -0.1) is 0 Å². The summed E-state index contributed by atoms with van der Waals surface area (Å²) in [5.41, 5.74) is 5.06. The molecule has 0 saturated carbocycles. The molecule has 0 aliphatic carbocycles. The smallest absolute Gasteiger partial charge is 0.125 e. The second kappa shape index (κ2) is 5.35. The fourth-order valence-corrected chi connectivity index (χ4v) is 4.41. The number of hydrogen-bond donors (Lipinski definition) is 0. The summed E-state index contributed by atoms with van der Waals surface area (Å²) in [6, 6.07) is 11.7. The van der Waals surface area contributed by atoms with E-state index in [1.807, 2.05) is 13.1 Å². The summed E-state index contributed by atoms with van der Waals surface area (Å²) in [6.07, 6.45) is 7.51. The molecule has 2 atom stereocenters. The van der Waals surface area contributed by atoms with Crippen LogP contribution in [-0.2, 0) is 13.0 Å². The molecule has 4 heteroatoms. The van der Waals surface area contributed by atoms with E-state index in [-0.39, 0.29) is 0 Å². The number of aryl methyl sites for hydroxylation is 1. The van der Waals surface area contributed by atoms with Crippen LogP contribution in [0.2, 0.25) is 0 Å². The molecule has 0 N–H and O–H groups in total. The van der Waals surface area contributed by atoms with Gasteiger partial charge in [0.1, 0.15) is 5.82 Å². The molecule has 24 heavy (non-hydrogen) atoms. The van der Waals surface area contributed by atoms with Crippen LogP contribution < -0.4 is 0 Å². The number of pyridine rings is 1. The fourth-order valence-electron chi connectivity index (χ4n) is 4.41. The lowest BCUT2D eigenvalue weighted by atomic mass is 9.98. The molecule has 1 aromatic carbocycles. The first-order valence-electron chi connectivity index (χ1n) is 8.70. The normalized spacial score (nSPS) is 22.7. The third-order valence-electron chi connectivity index (χ3n) is 5.54. The van der Waals surface area contributed by atoms with Gasteiger partial charge in [-0.3, -0.25) is 9.88 Å². The Bertz CT molecular complexity index is 915. The fraction of sp³-hybridized carbons (Fsp3) is 0.350. The molecule has 120 valence electrons. The molecule has 0 amide bonds. The molecular formula is C20H20N4. The van der Waals surface area contributed by atoms with Crippen molar-refractivity contribution >= 4 is 10.9 Å². The predicted molar refractivity (Wildman–Crippen MR) is 93.5 cm³/mol. The van der Waals surface area contributed by atoms with Crippen LogP contribution in [-0.4, -0.2) is 25.9 Å². The summed E-state index contributed by atoms with van der Waals surface area (Å²) in [4.78, 5) is 16.3. The van der Waals surface area contributed by atoms with Gasteiger partial charge in [0, 0.05) is 48.4 Å². The van der Waals surface area contributed by atoms with Crippen molar-refractivity contribution in [1.82, 2.24) is 19.9 Å². The lowest BCUT2D eigenvalue weighted by molar-refractivity contribution is 0.166. The zero-order valence-corrected chi connectivity index (χ0v) is 13.8. The van der Waals surface area contributed by atoms with E-state index >= 15 is 0 Å². The van der Waals surface area contributed by atoms with Gasteiger partial charge in [-0.05, 0) is 37.5 Å². The van der Waals surface area contributed by atoms with Gasteiger partial charge in [0.05, 0.1) is 11.2 Å². The quantitative estimate of drug-likeness (QED) is 0.724. The van der Waals surface area contributed by atoms with Crippen LogP contribution in [0.25, 0.3) is 10.9 Å².